The van der Waals surface area contributed by atoms with Gasteiger partial charge < -0.3 is 14.5 Å². The number of ether oxygens (including phenoxy) is 1. The second kappa shape index (κ2) is 9.39. The van der Waals surface area contributed by atoms with Gasteiger partial charge in [0.1, 0.15) is 5.75 Å². The zero-order chi connectivity index (χ0) is 22.6. The minimum Gasteiger partial charge on any atom is -0.484 e. The second-order valence-corrected chi connectivity index (χ2v) is 9.07. The SMILES string of the molecule is CC(C)(C)c1ccc(OCC(=O)N2CCN(c3ccc(-c4ccccc4)nn3)CC2)cc1. The molecule has 6 nitrogen and oxygen atoms in total. The number of nitrogens with zero attached hydrogens (tertiary/aromatic N) is 4. The van der Waals surface area contributed by atoms with Gasteiger partial charge in [-0.05, 0) is 35.2 Å². The van der Waals surface area contributed by atoms with E-state index in [-0.39, 0.29) is 17.9 Å². The van der Waals surface area contributed by atoms with Gasteiger partial charge in [-0.2, -0.15) is 0 Å². The number of aromatic nitrogens is 2. The number of anilines is 1. The number of carbonyl (C=O) groups is 1. The van der Waals surface area contributed by atoms with E-state index in [1.165, 1.54) is 5.56 Å². The van der Waals surface area contributed by atoms with Crippen molar-refractivity contribution in [3.05, 3.63) is 72.3 Å². The van der Waals surface area contributed by atoms with Crippen molar-refractivity contribution in [3.8, 4) is 17.0 Å². The highest BCUT2D eigenvalue weighted by Gasteiger charge is 2.22. The van der Waals surface area contributed by atoms with Crippen LogP contribution in [-0.2, 0) is 10.2 Å². The highest BCUT2D eigenvalue weighted by Crippen LogP contribution is 2.24. The lowest BCUT2D eigenvalue weighted by molar-refractivity contribution is -0.133. The Morgan fingerprint density at radius 2 is 1.56 bits per heavy atom. The molecule has 3 aromatic rings. The molecule has 1 fully saturated rings. The predicted octanol–water partition coefficient (Wildman–Crippen LogP) is 4.17. The number of rotatable bonds is 5. The van der Waals surface area contributed by atoms with Gasteiger partial charge in [-0.1, -0.05) is 63.2 Å². The van der Waals surface area contributed by atoms with Crippen molar-refractivity contribution < 1.29 is 9.53 Å². The molecule has 0 spiro atoms. The van der Waals surface area contributed by atoms with E-state index in [1.54, 1.807) is 0 Å². The fourth-order valence-corrected chi connectivity index (χ4v) is 3.73. The van der Waals surface area contributed by atoms with Gasteiger partial charge in [-0.25, -0.2) is 0 Å². The summed E-state index contributed by atoms with van der Waals surface area (Å²) in [6.45, 7) is 9.33. The van der Waals surface area contributed by atoms with E-state index in [1.807, 2.05) is 59.5 Å². The van der Waals surface area contributed by atoms with Gasteiger partial charge in [0.15, 0.2) is 12.4 Å². The summed E-state index contributed by atoms with van der Waals surface area (Å²) in [4.78, 5) is 16.6. The Morgan fingerprint density at radius 1 is 0.875 bits per heavy atom. The van der Waals surface area contributed by atoms with Gasteiger partial charge in [0.05, 0.1) is 5.69 Å². The average molecular weight is 431 g/mol. The summed E-state index contributed by atoms with van der Waals surface area (Å²) in [6, 6.07) is 22.0. The second-order valence-electron chi connectivity index (χ2n) is 9.07. The standard InChI is InChI=1S/C26H30N4O2/c1-26(2,3)21-9-11-22(12-10-21)32-19-25(31)30-17-15-29(16-18-30)24-14-13-23(27-28-24)20-7-5-4-6-8-20/h4-14H,15-19H2,1-3H3. The first-order valence-corrected chi connectivity index (χ1v) is 11.1. The van der Waals surface area contributed by atoms with E-state index in [0.717, 1.165) is 35.9 Å². The highest BCUT2D eigenvalue weighted by atomic mass is 16.5. The van der Waals surface area contributed by atoms with Crippen LogP contribution < -0.4 is 9.64 Å². The molecule has 2 heterocycles. The number of piperazine rings is 1. The number of hydrogen-bond donors (Lipinski definition) is 0. The molecule has 0 unspecified atom stereocenters. The Morgan fingerprint density at radius 3 is 2.16 bits per heavy atom. The molecule has 0 saturated carbocycles. The normalized spacial score (nSPS) is 14.3. The van der Waals surface area contributed by atoms with Gasteiger partial charge in [-0.15, -0.1) is 10.2 Å². The van der Waals surface area contributed by atoms with E-state index in [9.17, 15) is 4.79 Å². The Hall–Kier alpha value is -3.41. The van der Waals surface area contributed by atoms with Crippen LogP contribution >= 0.6 is 0 Å². The Balaban J connectivity index is 1.26. The molecule has 1 amide bonds. The molecule has 1 saturated heterocycles. The Labute approximate surface area is 189 Å². The molecule has 6 heteroatoms. The zero-order valence-electron chi connectivity index (χ0n) is 19.0. The van der Waals surface area contributed by atoms with Crippen LogP contribution in [0.5, 0.6) is 5.75 Å². The summed E-state index contributed by atoms with van der Waals surface area (Å²) in [5.74, 6) is 1.57. The maximum atomic E-state index is 12.6. The van der Waals surface area contributed by atoms with Gasteiger partial charge in [0, 0.05) is 31.7 Å². The van der Waals surface area contributed by atoms with E-state index in [2.05, 4.69) is 48.0 Å². The number of benzene rings is 2. The van der Waals surface area contributed by atoms with E-state index in [4.69, 9.17) is 4.74 Å². The van der Waals surface area contributed by atoms with Crippen LogP contribution in [-0.4, -0.2) is 53.8 Å². The molecule has 4 rings (SSSR count). The molecule has 166 valence electrons. The van der Waals surface area contributed by atoms with E-state index < -0.39 is 0 Å². The Bertz CT molecular complexity index is 1020. The first kappa shape index (κ1) is 21.8. The fourth-order valence-electron chi connectivity index (χ4n) is 3.73. The minimum absolute atomic E-state index is 0.00931. The van der Waals surface area contributed by atoms with Crippen LogP contribution in [0.4, 0.5) is 5.82 Å². The Kier molecular flexibility index (Phi) is 6.40. The van der Waals surface area contributed by atoms with Crippen LogP contribution in [0, 0.1) is 0 Å². The van der Waals surface area contributed by atoms with Crippen molar-refractivity contribution in [2.24, 2.45) is 0 Å². The molecular formula is C26H30N4O2. The zero-order valence-corrected chi connectivity index (χ0v) is 19.0. The first-order chi connectivity index (χ1) is 15.4. The van der Waals surface area contributed by atoms with Crippen molar-refractivity contribution in [2.75, 3.05) is 37.7 Å². The van der Waals surface area contributed by atoms with Crippen LogP contribution in [0.15, 0.2) is 66.7 Å². The van der Waals surface area contributed by atoms with Crippen molar-refractivity contribution in [1.82, 2.24) is 15.1 Å². The predicted molar refractivity (Wildman–Crippen MR) is 127 cm³/mol. The van der Waals surface area contributed by atoms with Crippen LogP contribution in [0.1, 0.15) is 26.3 Å². The molecule has 1 aliphatic heterocycles. The summed E-state index contributed by atoms with van der Waals surface area (Å²) < 4.78 is 5.73. The largest absolute Gasteiger partial charge is 0.484 e. The average Bonchev–Trinajstić information content (AvgIpc) is 2.83. The van der Waals surface area contributed by atoms with Gasteiger partial charge >= 0.3 is 0 Å². The van der Waals surface area contributed by atoms with Crippen LogP contribution in [0.3, 0.4) is 0 Å². The van der Waals surface area contributed by atoms with Crippen LogP contribution in [0.2, 0.25) is 0 Å². The smallest absolute Gasteiger partial charge is 0.260 e. The topological polar surface area (TPSA) is 58.6 Å². The molecule has 2 aromatic carbocycles. The van der Waals surface area contributed by atoms with E-state index >= 15 is 0 Å². The lowest BCUT2D eigenvalue weighted by Crippen LogP contribution is -2.50. The summed E-state index contributed by atoms with van der Waals surface area (Å²) in [5, 5.41) is 8.77. The van der Waals surface area contributed by atoms with Crippen molar-refractivity contribution in [2.45, 2.75) is 26.2 Å². The molecule has 0 bridgehead atoms. The third-order valence-corrected chi connectivity index (χ3v) is 5.76. The highest BCUT2D eigenvalue weighted by molar-refractivity contribution is 5.78. The molecule has 0 atom stereocenters. The third-order valence-electron chi connectivity index (χ3n) is 5.76. The van der Waals surface area contributed by atoms with Crippen molar-refractivity contribution in [3.63, 3.8) is 0 Å². The molecule has 32 heavy (non-hydrogen) atoms. The molecule has 0 aliphatic carbocycles. The van der Waals surface area contributed by atoms with Crippen molar-refractivity contribution in [1.29, 1.82) is 0 Å². The van der Waals surface area contributed by atoms with E-state index in [0.29, 0.717) is 13.1 Å². The van der Waals surface area contributed by atoms with Gasteiger partial charge in [0.25, 0.3) is 5.91 Å². The number of amides is 1. The maximum absolute atomic E-state index is 12.6. The summed E-state index contributed by atoms with van der Waals surface area (Å²) in [5.41, 5.74) is 3.25. The minimum atomic E-state index is 0.00931. The van der Waals surface area contributed by atoms with Gasteiger partial charge in [-0.3, -0.25) is 4.79 Å². The number of hydrogen-bond acceptors (Lipinski definition) is 5. The fraction of sp³-hybridized carbons (Fsp3) is 0.346. The molecular weight excluding hydrogens is 400 g/mol. The monoisotopic (exact) mass is 430 g/mol. The maximum Gasteiger partial charge on any atom is 0.260 e. The summed E-state index contributed by atoms with van der Waals surface area (Å²) in [6.07, 6.45) is 0. The quantitative estimate of drug-likeness (QED) is 0.608. The lowest BCUT2D eigenvalue weighted by Gasteiger charge is -2.35. The van der Waals surface area contributed by atoms with Gasteiger partial charge in [0.2, 0.25) is 0 Å². The molecule has 0 radical (unpaired) electrons. The third kappa shape index (κ3) is 5.25. The number of carbonyl (C=O) groups excluding carboxylic acids is 1. The summed E-state index contributed by atoms with van der Waals surface area (Å²) >= 11 is 0. The van der Waals surface area contributed by atoms with Crippen molar-refractivity contribution >= 4 is 11.7 Å². The van der Waals surface area contributed by atoms with Crippen LogP contribution in [0.25, 0.3) is 11.3 Å². The first-order valence-electron chi connectivity index (χ1n) is 11.1. The molecule has 1 aromatic heterocycles. The summed E-state index contributed by atoms with van der Waals surface area (Å²) in [7, 11) is 0. The molecule has 1 aliphatic rings. The lowest BCUT2D eigenvalue weighted by atomic mass is 9.87. The molecule has 0 N–H and O–H groups in total.